The Bertz CT molecular complexity index is 712. The number of carbonyl (C=O) groups is 3. The third-order valence-corrected chi connectivity index (χ3v) is 3.38. The molecule has 0 aromatic heterocycles. The van der Waals surface area contributed by atoms with Gasteiger partial charge in [-0.15, -0.1) is 0 Å². The van der Waals surface area contributed by atoms with E-state index in [1.54, 1.807) is 32.9 Å². The number of carbonyl (C=O) groups excluding carboxylic acids is 2. The molecule has 9 heteroatoms. The number of anilines is 1. The van der Waals surface area contributed by atoms with Crippen molar-refractivity contribution in [3.8, 4) is 11.5 Å². The molecule has 0 fully saturated rings. The minimum atomic E-state index is -1.11. The summed E-state index contributed by atoms with van der Waals surface area (Å²) >= 11 is 0. The molecule has 1 aliphatic rings. The third kappa shape index (κ3) is 5.01. The van der Waals surface area contributed by atoms with Crippen molar-refractivity contribution in [3.05, 3.63) is 18.2 Å². The monoisotopic (exact) mass is 366 g/mol. The van der Waals surface area contributed by atoms with E-state index >= 15 is 0 Å². The minimum Gasteiger partial charge on any atom is -0.489 e. The number of ether oxygens (including phenoxy) is 3. The summed E-state index contributed by atoms with van der Waals surface area (Å²) in [5, 5.41) is 11.2. The van der Waals surface area contributed by atoms with Crippen LogP contribution in [0.4, 0.5) is 10.5 Å². The van der Waals surface area contributed by atoms with E-state index in [1.165, 1.54) is 18.0 Å². The Morgan fingerprint density at radius 2 is 2.08 bits per heavy atom. The van der Waals surface area contributed by atoms with Gasteiger partial charge in [0.05, 0.1) is 5.69 Å². The first-order valence-electron chi connectivity index (χ1n) is 7.95. The summed E-state index contributed by atoms with van der Waals surface area (Å²) in [6.45, 7) is 4.60. The molecule has 0 unspecified atom stereocenters. The average Bonchev–Trinajstić information content (AvgIpc) is 2.63. The molecule has 2 N–H and O–H groups in total. The third-order valence-electron chi connectivity index (χ3n) is 3.38. The maximum atomic E-state index is 12.6. The van der Waals surface area contributed by atoms with E-state index in [-0.39, 0.29) is 12.4 Å². The molecule has 0 saturated heterocycles. The number of likely N-dealkylation sites (N-methyl/N-ethyl adjacent to an activating group) is 1. The lowest BCUT2D eigenvalue weighted by molar-refractivity contribution is -0.139. The van der Waals surface area contributed by atoms with Crippen LogP contribution in [-0.4, -0.2) is 55.0 Å². The molecule has 0 bridgehead atoms. The first-order chi connectivity index (χ1) is 12.1. The van der Waals surface area contributed by atoms with Crippen LogP contribution in [0.2, 0.25) is 0 Å². The van der Waals surface area contributed by atoms with Crippen LogP contribution in [0.15, 0.2) is 18.2 Å². The van der Waals surface area contributed by atoms with Crippen molar-refractivity contribution >= 4 is 23.7 Å². The SMILES string of the molecule is CN1C(=O)[C@@H](NC(=O)OC(C)(C)C)COc2ccc(OCC(=O)O)cc21. The van der Waals surface area contributed by atoms with Crippen molar-refractivity contribution in [3.63, 3.8) is 0 Å². The number of benzene rings is 1. The van der Waals surface area contributed by atoms with Crippen molar-refractivity contribution in [1.82, 2.24) is 5.32 Å². The summed E-state index contributed by atoms with van der Waals surface area (Å²) in [6.07, 6.45) is -0.718. The molecule has 26 heavy (non-hydrogen) atoms. The Balaban J connectivity index is 2.14. The van der Waals surface area contributed by atoms with E-state index in [2.05, 4.69) is 5.32 Å². The Morgan fingerprint density at radius 1 is 1.38 bits per heavy atom. The van der Waals surface area contributed by atoms with Gasteiger partial charge in [-0.2, -0.15) is 0 Å². The van der Waals surface area contributed by atoms with Crippen LogP contribution in [0.25, 0.3) is 0 Å². The lowest BCUT2D eigenvalue weighted by Gasteiger charge is -2.23. The fraction of sp³-hybridized carbons (Fsp3) is 0.471. The minimum absolute atomic E-state index is 0.0647. The molecule has 9 nitrogen and oxygen atoms in total. The van der Waals surface area contributed by atoms with Gasteiger partial charge in [0.15, 0.2) is 6.61 Å². The number of alkyl carbamates (subject to hydrolysis) is 1. The van der Waals surface area contributed by atoms with E-state index < -0.39 is 36.2 Å². The van der Waals surface area contributed by atoms with Gasteiger partial charge in [0.25, 0.3) is 5.91 Å². The van der Waals surface area contributed by atoms with Crippen molar-refractivity contribution in [2.45, 2.75) is 32.4 Å². The topological polar surface area (TPSA) is 114 Å². The number of amides is 2. The summed E-state index contributed by atoms with van der Waals surface area (Å²) in [7, 11) is 1.53. The molecule has 0 radical (unpaired) electrons. The van der Waals surface area contributed by atoms with Gasteiger partial charge >= 0.3 is 12.1 Å². The largest absolute Gasteiger partial charge is 0.489 e. The molecule has 1 aliphatic heterocycles. The lowest BCUT2D eigenvalue weighted by Crippen LogP contribution is -2.50. The van der Waals surface area contributed by atoms with Crippen LogP contribution < -0.4 is 19.7 Å². The molecule has 2 amide bonds. The highest BCUT2D eigenvalue weighted by Gasteiger charge is 2.32. The molecule has 1 aromatic rings. The first kappa shape index (κ1) is 19.4. The number of rotatable bonds is 4. The zero-order valence-corrected chi connectivity index (χ0v) is 15.1. The van der Waals surface area contributed by atoms with Crippen LogP contribution >= 0.6 is 0 Å². The van der Waals surface area contributed by atoms with E-state index in [1.807, 2.05) is 0 Å². The highest BCUT2D eigenvalue weighted by Crippen LogP contribution is 2.34. The predicted octanol–water partition coefficient (Wildman–Crippen LogP) is 1.40. The molecule has 1 aromatic carbocycles. The molecular formula is C17H22N2O7. The van der Waals surface area contributed by atoms with Crippen LogP contribution in [-0.2, 0) is 14.3 Å². The van der Waals surface area contributed by atoms with Gasteiger partial charge < -0.3 is 29.5 Å². The molecule has 1 atom stereocenters. The van der Waals surface area contributed by atoms with Gasteiger partial charge in [0.2, 0.25) is 0 Å². The fourth-order valence-corrected chi connectivity index (χ4v) is 2.27. The number of hydrogen-bond donors (Lipinski definition) is 2. The van der Waals surface area contributed by atoms with E-state index in [9.17, 15) is 14.4 Å². The number of carboxylic acids is 1. The second-order valence-corrected chi connectivity index (χ2v) is 6.72. The molecule has 142 valence electrons. The number of nitrogens with zero attached hydrogens (tertiary/aromatic N) is 1. The van der Waals surface area contributed by atoms with Gasteiger partial charge in [-0.1, -0.05) is 0 Å². The quantitative estimate of drug-likeness (QED) is 0.828. The number of carboxylic acid groups (broad SMARTS) is 1. The zero-order valence-electron chi connectivity index (χ0n) is 15.1. The molecule has 0 aliphatic carbocycles. The molecule has 2 rings (SSSR count). The summed E-state index contributed by atoms with van der Waals surface area (Å²) in [4.78, 5) is 36.5. The maximum absolute atomic E-state index is 12.6. The second-order valence-electron chi connectivity index (χ2n) is 6.72. The fourth-order valence-electron chi connectivity index (χ4n) is 2.27. The molecule has 1 heterocycles. The lowest BCUT2D eigenvalue weighted by atomic mass is 10.2. The van der Waals surface area contributed by atoms with Gasteiger partial charge in [0.1, 0.15) is 29.7 Å². The highest BCUT2D eigenvalue weighted by molar-refractivity contribution is 6.00. The van der Waals surface area contributed by atoms with E-state index in [0.717, 1.165) is 0 Å². The standard InChI is InChI=1S/C17H22N2O7/c1-17(2,3)26-16(23)18-11-8-25-13-6-5-10(24-9-14(20)21)7-12(13)19(4)15(11)22/h5-7,11H,8-9H2,1-4H3,(H,18,23)(H,20,21)/t11-/m0/s1. The summed E-state index contributed by atoms with van der Waals surface area (Å²) in [5.74, 6) is -0.808. The number of fused-ring (bicyclic) bond motifs is 1. The van der Waals surface area contributed by atoms with Crippen molar-refractivity contribution in [2.75, 3.05) is 25.2 Å². The Kier molecular flexibility index (Phi) is 5.59. The number of aliphatic carboxylic acids is 1. The van der Waals surface area contributed by atoms with Crippen molar-refractivity contribution in [1.29, 1.82) is 0 Å². The Hall–Kier alpha value is -2.97. The molecular weight excluding hydrogens is 344 g/mol. The van der Waals surface area contributed by atoms with Gasteiger partial charge in [-0.05, 0) is 32.9 Å². The van der Waals surface area contributed by atoms with Crippen LogP contribution in [0, 0.1) is 0 Å². The van der Waals surface area contributed by atoms with Crippen LogP contribution in [0.5, 0.6) is 11.5 Å². The average molecular weight is 366 g/mol. The van der Waals surface area contributed by atoms with Crippen LogP contribution in [0.1, 0.15) is 20.8 Å². The highest BCUT2D eigenvalue weighted by atomic mass is 16.6. The van der Waals surface area contributed by atoms with E-state index in [4.69, 9.17) is 19.3 Å². The summed E-state index contributed by atoms with van der Waals surface area (Å²) < 4.78 is 15.9. The molecule has 0 spiro atoms. The summed E-state index contributed by atoms with van der Waals surface area (Å²) in [5.41, 5.74) is -0.282. The summed E-state index contributed by atoms with van der Waals surface area (Å²) in [6, 6.07) is 3.70. The zero-order chi connectivity index (χ0) is 19.5. The van der Waals surface area contributed by atoms with Gasteiger partial charge in [-0.25, -0.2) is 9.59 Å². The van der Waals surface area contributed by atoms with Gasteiger partial charge in [-0.3, -0.25) is 4.79 Å². The smallest absolute Gasteiger partial charge is 0.408 e. The van der Waals surface area contributed by atoms with E-state index in [0.29, 0.717) is 11.4 Å². The normalized spacial score (nSPS) is 16.8. The maximum Gasteiger partial charge on any atom is 0.408 e. The predicted molar refractivity (Wildman–Crippen MR) is 91.6 cm³/mol. The number of nitrogens with one attached hydrogen (secondary N) is 1. The number of hydrogen-bond acceptors (Lipinski definition) is 6. The van der Waals surface area contributed by atoms with Crippen molar-refractivity contribution in [2.24, 2.45) is 0 Å². The van der Waals surface area contributed by atoms with Crippen molar-refractivity contribution < 1.29 is 33.7 Å². The van der Waals surface area contributed by atoms with Crippen LogP contribution in [0.3, 0.4) is 0 Å². The Morgan fingerprint density at radius 3 is 2.69 bits per heavy atom. The molecule has 0 saturated carbocycles. The Labute approximate surface area is 150 Å². The van der Waals surface area contributed by atoms with Gasteiger partial charge in [0, 0.05) is 13.1 Å². The second kappa shape index (κ2) is 7.51. The first-order valence-corrected chi connectivity index (χ1v) is 7.95.